The number of rotatable bonds is 5. The number of fused-ring (bicyclic) bond motifs is 1. The van der Waals surface area contributed by atoms with Gasteiger partial charge in [0.15, 0.2) is 0 Å². The van der Waals surface area contributed by atoms with Crippen LogP contribution in [0.15, 0.2) is 41.4 Å². The Bertz CT molecular complexity index is 725. The monoisotopic (exact) mass is 341 g/mol. The van der Waals surface area contributed by atoms with E-state index >= 15 is 0 Å². The molecular formula is C15H20ClN3O2S. The number of hydrogen-bond donors (Lipinski definition) is 2. The van der Waals surface area contributed by atoms with Gasteiger partial charge in [0.1, 0.15) is 4.90 Å². The van der Waals surface area contributed by atoms with E-state index in [0.29, 0.717) is 18.0 Å². The van der Waals surface area contributed by atoms with Gasteiger partial charge in [0.25, 0.3) is 0 Å². The Labute approximate surface area is 137 Å². The summed E-state index contributed by atoms with van der Waals surface area (Å²) in [6.07, 6.45) is 3.60. The minimum absolute atomic E-state index is 0. The molecule has 3 rings (SSSR count). The Hall–Kier alpha value is -1.21. The molecule has 1 aliphatic rings. The summed E-state index contributed by atoms with van der Waals surface area (Å²) in [7, 11) is -3.51. The van der Waals surface area contributed by atoms with Crippen LogP contribution in [-0.2, 0) is 10.0 Å². The summed E-state index contributed by atoms with van der Waals surface area (Å²) in [5.74, 6) is 0.568. The molecule has 22 heavy (non-hydrogen) atoms. The first-order valence-electron chi connectivity index (χ1n) is 7.21. The smallest absolute Gasteiger partial charge is 0.242 e. The van der Waals surface area contributed by atoms with Gasteiger partial charge in [-0.2, -0.15) is 0 Å². The average molecular weight is 342 g/mol. The lowest BCUT2D eigenvalue weighted by Crippen LogP contribution is -2.27. The Balaban J connectivity index is 0.00000176. The number of benzene rings is 1. The summed E-state index contributed by atoms with van der Waals surface area (Å²) >= 11 is 0. The fourth-order valence-corrected chi connectivity index (χ4v) is 3.95. The zero-order valence-electron chi connectivity index (χ0n) is 12.2. The van der Waals surface area contributed by atoms with Crippen LogP contribution in [0.3, 0.4) is 0 Å². The van der Waals surface area contributed by atoms with Gasteiger partial charge >= 0.3 is 0 Å². The van der Waals surface area contributed by atoms with Gasteiger partial charge in [0.05, 0.1) is 5.52 Å². The molecule has 0 radical (unpaired) electrons. The number of halogens is 1. The summed E-state index contributed by atoms with van der Waals surface area (Å²) < 4.78 is 27.6. The van der Waals surface area contributed by atoms with Crippen molar-refractivity contribution >= 4 is 33.3 Å². The van der Waals surface area contributed by atoms with Crippen LogP contribution in [-0.4, -0.2) is 33.0 Å². The topological polar surface area (TPSA) is 71.1 Å². The predicted octanol–water partition coefficient (Wildman–Crippen LogP) is 1.93. The van der Waals surface area contributed by atoms with Gasteiger partial charge in [0, 0.05) is 18.1 Å². The standard InChI is InChI=1S/C15H19N3O2S.ClH/c19-21(20,18-10-7-12-6-9-16-11-12)14-5-1-3-13-4-2-8-17-15(13)14;/h1-5,8,12,16,18H,6-7,9-11H2;1H. The molecular weight excluding hydrogens is 322 g/mol. The van der Waals surface area contributed by atoms with E-state index in [1.807, 2.05) is 12.1 Å². The fraction of sp³-hybridized carbons (Fsp3) is 0.400. The van der Waals surface area contributed by atoms with E-state index < -0.39 is 10.0 Å². The third-order valence-corrected chi connectivity index (χ3v) is 5.38. The summed E-state index contributed by atoms with van der Waals surface area (Å²) in [6.45, 7) is 2.49. The van der Waals surface area contributed by atoms with Crippen molar-refractivity contribution in [1.82, 2.24) is 15.0 Å². The average Bonchev–Trinajstić information content (AvgIpc) is 3.00. The SMILES string of the molecule is Cl.O=S(=O)(NCCC1CCNC1)c1cccc2cccnc12. The fourth-order valence-electron chi connectivity index (χ4n) is 2.73. The molecule has 120 valence electrons. The van der Waals surface area contributed by atoms with Crippen molar-refractivity contribution in [3.63, 3.8) is 0 Å². The molecule has 0 spiro atoms. The Morgan fingerprint density at radius 3 is 2.86 bits per heavy atom. The van der Waals surface area contributed by atoms with E-state index in [9.17, 15) is 8.42 Å². The van der Waals surface area contributed by atoms with Crippen molar-refractivity contribution < 1.29 is 8.42 Å². The van der Waals surface area contributed by atoms with Gasteiger partial charge in [-0.3, -0.25) is 4.98 Å². The Morgan fingerprint density at radius 1 is 1.27 bits per heavy atom. The first-order valence-corrected chi connectivity index (χ1v) is 8.69. The van der Waals surface area contributed by atoms with E-state index in [1.165, 1.54) is 0 Å². The summed E-state index contributed by atoms with van der Waals surface area (Å²) in [6, 6.07) is 8.89. The summed E-state index contributed by atoms with van der Waals surface area (Å²) in [4.78, 5) is 4.46. The third kappa shape index (κ3) is 3.76. The number of nitrogens with zero attached hydrogens (tertiary/aromatic N) is 1. The first kappa shape index (κ1) is 17.1. The molecule has 2 N–H and O–H groups in total. The van der Waals surface area contributed by atoms with E-state index in [0.717, 1.165) is 31.3 Å². The maximum Gasteiger partial charge on any atom is 0.242 e. The maximum atomic E-state index is 12.5. The van der Waals surface area contributed by atoms with Crippen molar-refractivity contribution in [1.29, 1.82) is 0 Å². The molecule has 2 aromatic rings. The predicted molar refractivity (Wildman–Crippen MR) is 89.8 cm³/mol. The number of hydrogen-bond acceptors (Lipinski definition) is 4. The van der Waals surface area contributed by atoms with Gasteiger partial charge in [-0.05, 0) is 44.0 Å². The molecule has 5 nitrogen and oxygen atoms in total. The number of nitrogens with one attached hydrogen (secondary N) is 2. The van der Waals surface area contributed by atoms with Crippen molar-refractivity contribution in [3.05, 3.63) is 36.5 Å². The lowest BCUT2D eigenvalue weighted by Gasteiger charge is -2.11. The summed E-state index contributed by atoms with van der Waals surface area (Å²) in [5, 5.41) is 4.12. The lowest BCUT2D eigenvalue weighted by atomic mass is 10.1. The number of pyridine rings is 1. The molecule has 1 atom stereocenters. The highest BCUT2D eigenvalue weighted by Crippen LogP contribution is 2.20. The molecule has 1 unspecified atom stereocenters. The number of para-hydroxylation sites is 1. The van der Waals surface area contributed by atoms with Gasteiger partial charge < -0.3 is 5.32 Å². The highest BCUT2D eigenvalue weighted by atomic mass is 35.5. The largest absolute Gasteiger partial charge is 0.316 e. The van der Waals surface area contributed by atoms with E-state index in [1.54, 1.807) is 24.4 Å². The second-order valence-electron chi connectivity index (χ2n) is 5.38. The minimum atomic E-state index is -3.51. The zero-order valence-corrected chi connectivity index (χ0v) is 13.8. The maximum absolute atomic E-state index is 12.5. The molecule has 2 heterocycles. The van der Waals surface area contributed by atoms with E-state index in [2.05, 4.69) is 15.0 Å². The van der Waals surface area contributed by atoms with Crippen LogP contribution in [0.1, 0.15) is 12.8 Å². The van der Waals surface area contributed by atoms with Crippen molar-refractivity contribution in [3.8, 4) is 0 Å². The highest BCUT2D eigenvalue weighted by molar-refractivity contribution is 7.89. The number of sulfonamides is 1. The second kappa shape index (κ2) is 7.37. The van der Waals surface area contributed by atoms with Crippen LogP contribution >= 0.6 is 12.4 Å². The third-order valence-electron chi connectivity index (χ3n) is 3.89. The highest BCUT2D eigenvalue weighted by Gasteiger charge is 2.19. The normalized spacial score (nSPS) is 18.3. The molecule has 0 amide bonds. The molecule has 1 aromatic heterocycles. The van der Waals surface area contributed by atoms with E-state index in [-0.39, 0.29) is 17.3 Å². The van der Waals surface area contributed by atoms with Crippen molar-refractivity contribution in [2.45, 2.75) is 17.7 Å². The van der Waals surface area contributed by atoms with Gasteiger partial charge in [-0.1, -0.05) is 18.2 Å². The molecule has 7 heteroatoms. The molecule has 1 saturated heterocycles. The van der Waals surface area contributed by atoms with Gasteiger partial charge in [-0.25, -0.2) is 13.1 Å². The van der Waals surface area contributed by atoms with Crippen LogP contribution < -0.4 is 10.0 Å². The van der Waals surface area contributed by atoms with E-state index in [4.69, 9.17) is 0 Å². The molecule has 0 aliphatic carbocycles. The van der Waals surface area contributed by atoms with Crippen molar-refractivity contribution in [2.75, 3.05) is 19.6 Å². The van der Waals surface area contributed by atoms with Crippen LogP contribution in [0, 0.1) is 5.92 Å². The molecule has 0 saturated carbocycles. The van der Waals surface area contributed by atoms with Crippen LogP contribution in [0.4, 0.5) is 0 Å². The van der Waals surface area contributed by atoms with Crippen LogP contribution in [0.2, 0.25) is 0 Å². The quantitative estimate of drug-likeness (QED) is 0.871. The Morgan fingerprint density at radius 2 is 2.09 bits per heavy atom. The molecule has 0 bridgehead atoms. The minimum Gasteiger partial charge on any atom is -0.316 e. The van der Waals surface area contributed by atoms with Gasteiger partial charge in [-0.15, -0.1) is 12.4 Å². The molecule has 1 fully saturated rings. The second-order valence-corrected chi connectivity index (χ2v) is 7.11. The van der Waals surface area contributed by atoms with Crippen LogP contribution in [0.25, 0.3) is 10.9 Å². The summed E-state index contributed by atoms with van der Waals surface area (Å²) in [5.41, 5.74) is 0.523. The molecule has 1 aliphatic heterocycles. The van der Waals surface area contributed by atoms with Gasteiger partial charge in [0.2, 0.25) is 10.0 Å². The number of aromatic nitrogens is 1. The first-order chi connectivity index (χ1) is 10.2. The van der Waals surface area contributed by atoms with Crippen molar-refractivity contribution in [2.24, 2.45) is 5.92 Å². The lowest BCUT2D eigenvalue weighted by molar-refractivity contribution is 0.519. The van der Waals surface area contributed by atoms with Crippen LogP contribution in [0.5, 0.6) is 0 Å². The Kier molecular flexibility index (Phi) is 5.74. The molecule has 1 aromatic carbocycles. The zero-order chi connectivity index (χ0) is 14.7.